The van der Waals surface area contributed by atoms with Gasteiger partial charge < -0.3 is 19.5 Å². The average Bonchev–Trinajstić information content (AvgIpc) is 2.92. The van der Waals surface area contributed by atoms with Crippen molar-refractivity contribution in [3.05, 3.63) is 35.9 Å². The molecule has 4 heteroatoms. The highest BCUT2D eigenvalue weighted by atomic mass is 16.5. The molecule has 3 rings (SSSR count). The maximum absolute atomic E-state index is 10.4. The van der Waals surface area contributed by atoms with Gasteiger partial charge in [-0.1, -0.05) is 19.1 Å². The SMILES string of the molecule is C=C[C@]12c3c(CN(C)C)ccc(OC)c3O[C@H]1C[C@@H](O)C2C. The van der Waals surface area contributed by atoms with Crippen LogP contribution in [0.1, 0.15) is 24.5 Å². The minimum Gasteiger partial charge on any atom is -0.493 e. The monoisotopic (exact) mass is 303 g/mol. The molecule has 1 aliphatic carbocycles. The third kappa shape index (κ3) is 1.90. The van der Waals surface area contributed by atoms with Gasteiger partial charge in [-0.3, -0.25) is 0 Å². The molecule has 22 heavy (non-hydrogen) atoms. The van der Waals surface area contributed by atoms with Crippen LogP contribution >= 0.6 is 0 Å². The van der Waals surface area contributed by atoms with Crippen molar-refractivity contribution in [3.63, 3.8) is 0 Å². The number of benzene rings is 1. The predicted octanol–water partition coefficient (Wildman–Crippen LogP) is 2.34. The van der Waals surface area contributed by atoms with Crippen LogP contribution in [0.25, 0.3) is 0 Å². The van der Waals surface area contributed by atoms with Gasteiger partial charge in [-0.2, -0.15) is 0 Å². The fourth-order valence-electron chi connectivity index (χ4n) is 4.16. The van der Waals surface area contributed by atoms with Gasteiger partial charge in [-0.25, -0.2) is 0 Å². The Morgan fingerprint density at radius 3 is 2.82 bits per heavy atom. The summed E-state index contributed by atoms with van der Waals surface area (Å²) in [6.45, 7) is 7.00. The normalized spacial score (nSPS) is 32.5. The van der Waals surface area contributed by atoms with Crippen LogP contribution in [-0.4, -0.2) is 43.4 Å². The van der Waals surface area contributed by atoms with Crippen molar-refractivity contribution in [2.75, 3.05) is 21.2 Å². The Labute approximate surface area is 132 Å². The van der Waals surface area contributed by atoms with E-state index in [0.29, 0.717) is 6.42 Å². The van der Waals surface area contributed by atoms with E-state index in [4.69, 9.17) is 9.47 Å². The van der Waals surface area contributed by atoms with Crippen molar-refractivity contribution in [3.8, 4) is 11.5 Å². The van der Waals surface area contributed by atoms with Crippen molar-refractivity contribution in [2.45, 2.75) is 37.5 Å². The molecule has 0 aromatic heterocycles. The lowest BCUT2D eigenvalue weighted by molar-refractivity contribution is 0.124. The number of aliphatic hydroxyl groups is 1. The number of hydrogen-bond donors (Lipinski definition) is 1. The van der Waals surface area contributed by atoms with E-state index in [0.717, 1.165) is 23.6 Å². The third-order valence-corrected chi connectivity index (χ3v) is 5.26. The Morgan fingerprint density at radius 2 is 2.23 bits per heavy atom. The number of ether oxygens (including phenoxy) is 2. The molecule has 1 aromatic carbocycles. The van der Waals surface area contributed by atoms with Crippen LogP contribution in [0.4, 0.5) is 0 Å². The molecule has 2 aliphatic rings. The molecule has 0 bridgehead atoms. The molecule has 1 aliphatic heterocycles. The number of nitrogens with zero attached hydrogens (tertiary/aromatic N) is 1. The predicted molar refractivity (Wildman–Crippen MR) is 86.5 cm³/mol. The third-order valence-electron chi connectivity index (χ3n) is 5.26. The van der Waals surface area contributed by atoms with E-state index >= 15 is 0 Å². The Kier molecular flexibility index (Phi) is 3.69. The lowest BCUT2D eigenvalue weighted by Gasteiger charge is -2.31. The van der Waals surface area contributed by atoms with E-state index < -0.39 is 0 Å². The second-order valence-electron chi connectivity index (χ2n) is 6.70. The van der Waals surface area contributed by atoms with E-state index in [1.54, 1.807) is 7.11 Å². The number of methoxy groups -OCH3 is 1. The smallest absolute Gasteiger partial charge is 0.166 e. The van der Waals surface area contributed by atoms with Crippen LogP contribution in [0.5, 0.6) is 11.5 Å². The molecule has 4 atom stereocenters. The quantitative estimate of drug-likeness (QED) is 0.867. The van der Waals surface area contributed by atoms with Gasteiger partial charge in [0.15, 0.2) is 11.5 Å². The van der Waals surface area contributed by atoms with Crippen molar-refractivity contribution < 1.29 is 14.6 Å². The van der Waals surface area contributed by atoms with Gasteiger partial charge >= 0.3 is 0 Å². The summed E-state index contributed by atoms with van der Waals surface area (Å²) < 4.78 is 11.7. The molecule has 0 spiro atoms. The first-order valence-corrected chi connectivity index (χ1v) is 7.79. The highest BCUT2D eigenvalue weighted by Gasteiger charge is 2.59. The van der Waals surface area contributed by atoms with E-state index in [2.05, 4.69) is 38.6 Å². The lowest BCUT2D eigenvalue weighted by Crippen LogP contribution is -2.37. The van der Waals surface area contributed by atoms with Crippen molar-refractivity contribution >= 4 is 0 Å². The minimum atomic E-state index is -0.366. The maximum atomic E-state index is 10.4. The molecule has 1 aromatic rings. The number of hydrogen-bond acceptors (Lipinski definition) is 4. The second-order valence-corrected chi connectivity index (χ2v) is 6.70. The molecule has 1 fully saturated rings. The van der Waals surface area contributed by atoms with Crippen molar-refractivity contribution in [2.24, 2.45) is 5.92 Å². The zero-order valence-electron chi connectivity index (χ0n) is 13.8. The van der Waals surface area contributed by atoms with Crippen LogP contribution in [0, 0.1) is 5.92 Å². The Bertz CT molecular complexity index is 598. The van der Waals surface area contributed by atoms with Crippen molar-refractivity contribution in [1.29, 1.82) is 0 Å². The number of fused-ring (bicyclic) bond motifs is 3. The van der Waals surface area contributed by atoms with Crippen LogP contribution in [0.15, 0.2) is 24.8 Å². The molecular formula is C18H25NO3. The summed E-state index contributed by atoms with van der Waals surface area (Å²) in [5.41, 5.74) is 2.02. The number of rotatable bonds is 4. The molecule has 1 saturated carbocycles. The van der Waals surface area contributed by atoms with E-state index in [1.807, 2.05) is 12.1 Å². The molecular weight excluding hydrogens is 278 g/mol. The summed E-state index contributed by atoms with van der Waals surface area (Å²) >= 11 is 0. The molecule has 0 amide bonds. The fourth-order valence-corrected chi connectivity index (χ4v) is 4.16. The van der Waals surface area contributed by atoms with Gasteiger partial charge in [-0.15, -0.1) is 6.58 Å². The van der Waals surface area contributed by atoms with Gasteiger partial charge in [0.1, 0.15) is 6.10 Å². The first-order valence-electron chi connectivity index (χ1n) is 7.79. The Morgan fingerprint density at radius 1 is 1.50 bits per heavy atom. The highest BCUT2D eigenvalue weighted by Crippen LogP contribution is 2.59. The van der Waals surface area contributed by atoms with Crippen LogP contribution in [0.3, 0.4) is 0 Å². The first kappa shape index (κ1) is 15.4. The summed E-state index contributed by atoms with van der Waals surface area (Å²) in [4.78, 5) is 2.14. The molecule has 1 heterocycles. The minimum absolute atomic E-state index is 0.0674. The summed E-state index contributed by atoms with van der Waals surface area (Å²) in [6, 6.07) is 4.07. The highest BCUT2D eigenvalue weighted by molar-refractivity contribution is 5.61. The zero-order valence-corrected chi connectivity index (χ0v) is 13.8. The Balaban J connectivity index is 2.23. The molecule has 120 valence electrons. The summed E-state index contributed by atoms with van der Waals surface area (Å²) in [6.07, 6.45) is 2.17. The lowest BCUT2D eigenvalue weighted by atomic mass is 9.70. The second kappa shape index (κ2) is 5.28. The summed E-state index contributed by atoms with van der Waals surface area (Å²) in [5.74, 6) is 1.66. The van der Waals surface area contributed by atoms with E-state index in [-0.39, 0.29) is 23.5 Å². The van der Waals surface area contributed by atoms with Crippen molar-refractivity contribution in [1.82, 2.24) is 4.90 Å². The summed E-state index contributed by atoms with van der Waals surface area (Å²) in [7, 11) is 5.77. The maximum Gasteiger partial charge on any atom is 0.166 e. The average molecular weight is 303 g/mol. The largest absolute Gasteiger partial charge is 0.493 e. The summed E-state index contributed by atoms with van der Waals surface area (Å²) in [5, 5.41) is 10.4. The zero-order chi connectivity index (χ0) is 16.1. The molecule has 1 unspecified atom stereocenters. The van der Waals surface area contributed by atoms with Crippen LogP contribution in [-0.2, 0) is 12.0 Å². The first-order chi connectivity index (χ1) is 10.5. The van der Waals surface area contributed by atoms with Gasteiger partial charge in [0.05, 0.1) is 18.6 Å². The van der Waals surface area contributed by atoms with Gasteiger partial charge in [-0.05, 0) is 31.6 Å². The van der Waals surface area contributed by atoms with Crippen LogP contribution < -0.4 is 9.47 Å². The van der Waals surface area contributed by atoms with Gasteiger partial charge in [0.2, 0.25) is 0 Å². The number of aliphatic hydroxyl groups excluding tert-OH is 1. The topological polar surface area (TPSA) is 41.9 Å². The molecule has 1 N–H and O–H groups in total. The Hall–Kier alpha value is -1.52. The van der Waals surface area contributed by atoms with E-state index in [1.165, 1.54) is 5.56 Å². The van der Waals surface area contributed by atoms with E-state index in [9.17, 15) is 5.11 Å². The fraction of sp³-hybridized carbons (Fsp3) is 0.556. The molecule has 0 radical (unpaired) electrons. The van der Waals surface area contributed by atoms with Crippen LogP contribution in [0.2, 0.25) is 0 Å². The van der Waals surface area contributed by atoms with Gasteiger partial charge in [0.25, 0.3) is 0 Å². The molecule has 0 saturated heterocycles. The van der Waals surface area contributed by atoms with Gasteiger partial charge in [0, 0.05) is 18.5 Å². The molecule has 4 nitrogen and oxygen atoms in total. The standard InChI is InChI=1S/C18H25NO3/c1-6-18-11(2)13(20)9-15(18)22-17-14(21-5)8-7-12(16(17)18)10-19(3)4/h6-8,11,13,15,20H,1,9-10H2,2-5H3/t11?,13-,15+,18-/m1/s1.